The van der Waals surface area contributed by atoms with Crippen LogP contribution in [-0.4, -0.2) is 33.8 Å². The zero-order valence-corrected chi connectivity index (χ0v) is 11.7. The maximum Gasteiger partial charge on any atom is 0.0972 e. The molecule has 0 unspecified atom stereocenters. The summed E-state index contributed by atoms with van der Waals surface area (Å²) in [7, 11) is 4.14. The Morgan fingerprint density at radius 1 is 1.15 bits per heavy atom. The monoisotopic (exact) mass is 266 g/mol. The summed E-state index contributed by atoms with van der Waals surface area (Å²) in [6.45, 7) is 0.870. The van der Waals surface area contributed by atoms with Crippen molar-refractivity contribution in [2.24, 2.45) is 0 Å². The molecule has 0 aliphatic rings. The van der Waals surface area contributed by atoms with E-state index < -0.39 is 0 Å². The Hall–Kier alpha value is -2.33. The van der Waals surface area contributed by atoms with E-state index >= 15 is 0 Å². The quantitative estimate of drug-likeness (QED) is 0.788. The molecule has 102 valence electrons. The topological polar surface area (TPSA) is 36.9 Å². The molecule has 4 nitrogen and oxygen atoms in total. The molecule has 0 spiro atoms. The van der Waals surface area contributed by atoms with Gasteiger partial charge in [0.1, 0.15) is 0 Å². The fourth-order valence-corrected chi connectivity index (χ4v) is 2.29. The predicted octanol–water partition coefficient (Wildman–Crippen LogP) is 2.93. The number of benzene rings is 1. The van der Waals surface area contributed by atoms with Crippen LogP contribution >= 0.6 is 0 Å². The van der Waals surface area contributed by atoms with Crippen molar-refractivity contribution in [2.45, 2.75) is 6.54 Å². The molecular weight excluding hydrogens is 248 g/mol. The van der Waals surface area contributed by atoms with Gasteiger partial charge in [-0.3, -0.25) is 0 Å². The van der Waals surface area contributed by atoms with E-state index in [9.17, 15) is 0 Å². The van der Waals surface area contributed by atoms with Crippen LogP contribution in [0.5, 0.6) is 0 Å². The molecule has 0 aliphatic carbocycles. The predicted molar refractivity (Wildman–Crippen MR) is 80.7 cm³/mol. The largest absolute Gasteiger partial charge is 0.366 e. The summed E-state index contributed by atoms with van der Waals surface area (Å²) in [6, 6.07) is 12.3. The Morgan fingerprint density at radius 3 is 2.60 bits per heavy atom. The van der Waals surface area contributed by atoms with Crippen molar-refractivity contribution >= 4 is 0 Å². The summed E-state index contributed by atoms with van der Waals surface area (Å²) < 4.78 is 1.93. The van der Waals surface area contributed by atoms with Gasteiger partial charge >= 0.3 is 0 Å². The molecule has 0 bridgehead atoms. The first-order chi connectivity index (χ1) is 9.74. The molecule has 1 N–H and O–H groups in total. The first-order valence-corrected chi connectivity index (χ1v) is 6.66. The standard InChI is InChI=1S/C16H18N4/c1-19(2)11-14-12-20(15-8-9-17-10-15)18-16(14)13-6-4-3-5-7-13/h3-10,12,17H,11H2,1-2H3. The second kappa shape index (κ2) is 5.35. The minimum atomic E-state index is 0.870. The van der Waals surface area contributed by atoms with Crippen molar-refractivity contribution in [1.82, 2.24) is 19.7 Å². The Morgan fingerprint density at radius 2 is 1.95 bits per heavy atom. The third-order valence-electron chi connectivity index (χ3n) is 3.17. The molecule has 0 aliphatic heterocycles. The summed E-state index contributed by atoms with van der Waals surface area (Å²) in [5.41, 5.74) is 4.47. The number of H-pyrrole nitrogens is 1. The van der Waals surface area contributed by atoms with Crippen LogP contribution in [0.3, 0.4) is 0 Å². The Kier molecular flexibility index (Phi) is 3.39. The molecule has 0 saturated heterocycles. The highest BCUT2D eigenvalue weighted by molar-refractivity contribution is 5.63. The van der Waals surface area contributed by atoms with Crippen molar-refractivity contribution in [1.29, 1.82) is 0 Å². The van der Waals surface area contributed by atoms with Crippen LogP contribution in [0.2, 0.25) is 0 Å². The molecule has 3 rings (SSSR count). The number of nitrogens with one attached hydrogen (secondary N) is 1. The van der Waals surface area contributed by atoms with E-state index in [1.54, 1.807) is 0 Å². The van der Waals surface area contributed by atoms with Gasteiger partial charge in [-0.05, 0) is 20.2 Å². The lowest BCUT2D eigenvalue weighted by Crippen LogP contribution is -2.10. The lowest BCUT2D eigenvalue weighted by Gasteiger charge is -2.08. The van der Waals surface area contributed by atoms with E-state index in [2.05, 4.69) is 42.3 Å². The Labute approximate surface area is 118 Å². The number of aromatic nitrogens is 3. The van der Waals surface area contributed by atoms with Gasteiger partial charge in [-0.25, -0.2) is 4.68 Å². The highest BCUT2D eigenvalue weighted by Crippen LogP contribution is 2.24. The Bertz CT molecular complexity index is 666. The number of hydrogen-bond donors (Lipinski definition) is 1. The second-order valence-electron chi connectivity index (χ2n) is 5.12. The molecule has 2 heterocycles. The fourth-order valence-electron chi connectivity index (χ4n) is 2.29. The average Bonchev–Trinajstić information content (AvgIpc) is 3.08. The third-order valence-corrected chi connectivity index (χ3v) is 3.17. The van der Waals surface area contributed by atoms with Gasteiger partial charge in [-0.15, -0.1) is 0 Å². The van der Waals surface area contributed by atoms with Crippen LogP contribution in [0, 0.1) is 0 Å². The smallest absolute Gasteiger partial charge is 0.0972 e. The summed E-state index contributed by atoms with van der Waals surface area (Å²) in [4.78, 5) is 5.22. The van der Waals surface area contributed by atoms with Gasteiger partial charge in [0.15, 0.2) is 0 Å². The molecule has 0 saturated carbocycles. The SMILES string of the molecule is CN(C)Cc1cn(-c2cc[nH]c2)nc1-c1ccccc1. The van der Waals surface area contributed by atoms with Crippen molar-refractivity contribution in [3.63, 3.8) is 0 Å². The normalized spacial score (nSPS) is 11.2. The van der Waals surface area contributed by atoms with E-state index in [0.717, 1.165) is 23.5 Å². The van der Waals surface area contributed by atoms with E-state index in [1.807, 2.05) is 41.3 Å². The molecule has 0 amide bonds. The highest BCUT2D eigenvalue weighted by Gasteiger charge is 2.12. The van der Waals surface area contributed by atoms with Gasteiger partial charge in [0.2, 0.25) is 0 Å². The van der Waals surface area contributed by atoms with Crippen LogP contribution in [0.25, 0.3) is 16.9 Å². The van der Waals surface area contributed by atoms with E-state index in [-0.39, 0.29) is 0 Å². The van der Waals surface area contributed by atoms with Crippen molar-refractivity contribution in [3.8, 4) is 16.9 Å². The van der Waals surface area contributed by atoms with Crippen LogP contribution < -0.4 is 0 Å². The zero-order chi connectivity index (χ0) is 13.9. The average molecular weight is 266 g/mol. The van der Waals surface area contributed by atoms with Crippen molar-refractivity contribution in [2.75, 3.05) is 14.1 Å². The molecule has 2 aromatic heterocycles. The van der Waals surface area contributed by atoms with Gasteiger partial charge in [-0.1, -0.05) is 30.3 Å². The fraction of sp³-hybridized carbons (Fsp3) is 0.188. The van der Waals surface area contributed by atoms with Crippen LogP contribution in [-0.2, 0) is 6.54 Å². The Balaban J connectivity index is 2.07. The van der Waals surface area contributed by atoms with Gasteiger partial charge in [0.25, 0.3) is 0 Å². The van der Waals surface area contributed by atoms with E-state index in [0.29, 0.717) is 0 Å². The molecular formula is C16H18N4. The lowest BCUT2D eigenvalue weighted by molar-refractivity contribution is 0.403. The maximum absolute atomic E-state index is 4.75. The van der Waals surface area contributed by atoms with Crippen molar-refractivity contribution in [3.05, 3.63) is 60.6 Å². The van der Waals surface area contributed by atoms with Gasteiger partial charge in [0, 0.05) is 36.3 Å². The maximum atomic E-state index is 4.75. The first kappa shape index (κ1) is 12.7. The molecule has 0 radical (unpaired) electrons. The molecule has 3 aromatic rings. The molecule has 0 fully saturated rings. The number of hydrogen-bond acceptors (Lipinski definition) is 2. The summed E-state index contributed by atoms with van der Waals surface area (Å²) in [6.07, 6.45) is 5.96. The molecule has 1 aromatic carbocycles. The summed E-state index contributed by atoms with van der Waals surface area (Å²) >= 11 is 0. The minimum Gasteiger partial charge on any atom is -0.366 e. The molecule has 20 heavy (non-hydrogen) atoms. The zero-order valence-electron chi connectivity index (χ0n) is 11.7. The van der Waals surface area contributed by atoms with E-state index in [1.165, 1.54) is 5.56 Å². The van der Waals surface area contributed by atoms with Gasteiger partial charge < -0.3 is 9.88 Å². The third kappa shape index (κ3) is 2.51. The number of nitrogens with zero attached hydrogens (tertiary/aromatic N) is 3. The minimum absolute atomic E-state index is 0.870. The van der Waals surface area contributed by atoms with Gasteiger partial charge in [-0.2, -0.15) is 5.10 Å². The van der Waals surface area contributed by atoms with Crippen LogP contribution in [0.4, 0.5) is 0 Å². The van der Waals surface area contributed by atoms with E-state index in [4.69, 9.17) is 5.10 Å². The van der Waals surface area contributed by atoms with Gasteiger partial charge in [0.05, 0.1) is 11.4 Å². The molecule has 4 heteroatoms. The van der Waals surface area contributed by atoms with Crippen LogP contribution in [0.15, 0.2) is 55.0 Å². The highest BCUT2D eigenvalue weighted by atomic mass is 15.3. The molecule has 0 atom stereocenters. The number of rotatable bonds is 4. The summed E-state index contributed by atoms with van der Waals surface area (Å²) in [5, 5.41) is 4.75. The number of aromatic amines is 1. The van der Waals surface area contributed by atoms with Crippen LogP contribution in [0.1, 0.15) is 5.56 Å². The lowest BCUT2D eigenvalue weighted by atomic mass is 10.1. The van der Waals surface area contributed by atoms with Crippen molar-refractivity contribution < 1.29 is 0 Å². The first-order valence-electron chi connectivity index (χ1n) is 6.66. The summed E-state index contributed by atoms with van der Waals surface area (Å²) in [5.74, 6) is 0. The second-order valence-corrected chi connectivity index (χ2v) is 5.12.